The first-order valence-electron chi connectivity index (χ1n) is 19.9. The maximum absolute atomic E-state index is 12.9. The third kappa shape index (κ3) is 33.8. The van der Waals surface area contributed by atoms with Crippen molar-refractivity contribution < 1.29 is 24.2 Å². The van der Waals surface area contributed by atoms with E-state index in [1.54, 1.807) is 0 Å². The Morgan fingerprint density at radius 3 is 1.52 bits per heavy atom. The van der Waals surface area contributed by atoms with Crippen LogP contribution >= 0.6 is 0 Å². The smallest absolute Gasteiger partial charge is 0.405 e. The van der Waals surface area contributed by atoms with E-state index in [1.165, 1.54) is 135 Å². The number of hydrogen-bond donors (Lipinski definition) is 6. The quantitative estimate of drug-likeness (QED) is 0.0217. The Hall–Kier alpha value is -2.07. The Bertz CT molecular complexity index is 742. The lowest BCUT2D eigenvalue weighted by Crippen LogP contribution is -2.49. The molecule has 0 aromatic carbocycles. The molecule has 10 heteroatoms. The molecule has 0 rings (SSSR count). The first kappa shape index (κ1) is 45.9. The van der Waals surface area contributed by atoms with Crippen molar-refractivity contribution in [2.75, 3.05) is 32.9 Å². The minimum Gasteiger partial charge on any atom is -0.465 e. The second-order valence-corrected chi connectivity index (χ2v) is 13.6. The summed E-state index contributed by atoms with van der Waals surface area (Å²) >= 11 is 0. The summed E-state index contributed by atoms with van der Waals surface area (Å²) in [6, 6.07) is -0.893. The van der Waals surface area contributed by atoms with Crippen LogP contribution in [0.1, 0.15) is 181 Å². The minimum atomic E-state index is -1.25. The van der Waals surface area contributed by atoms with Crippen LogP contribution in [0.5, 0.6) is 0 Å². The van der Waals surface area contributed by atoms with E-state index in [0.29, 0.717) is 32.8 Å². The van der Waals surface area contributed by atoms with Gasteiger partial charge in [0, 0.05) is 26.3 Å². The highest BCUT2D eigenvalue weighted by molar-refractivity contribution is 5.85. The van der Waals surface area contributed by atoms with Gasteiger partial charge in [0.15, 0.2) is 5.96 Å². The Balaban J connectivity index is 4.41. The summed E-state index contributed by atoms with van der Waals surface area (Å²) < 4.78 is 12.1. The van der Waals surface area contributed by atoms with Gasteiger partial charge < -0.3 is 36.3 Å². The van der Waals surface area contributed by atoms with Gasteiger partial charge in [-0.2, -0.15) is 0 Å². The number of carbonyl (C=O) groups excluding carboxylic acids is 1. The average Bonchev–Trinajstić information content (AvgIpc) is 3.06. The zero-order valence-electron chi connectivity index (χ0n) is 31.2. The standard InChI is InChI=1S/C38H77N5O5/c1-3-5-7-9-11-13-15-17-19-21-23-25-30-47-33-34(48-31-26-24-22-20-18-16-14-12-10-8-6-4-2)32-42-36(44)35(43-38(45)46)28-27-29-41-37(39)40/h34-35,43H,3-33H2,1-2H3,(H,42,44)(H,45,46)(H4,39,40,41). The highest BCUT2D eigenvalue weighted by atomic mass is 16.5. The number of amides is 2. The average molecular weight is 684 g/mol. The zero-order chi connectivity index (χ0) is 35.3. The molecule has 0 bridgehead atoms. The van der Waals surface area contributed by atoms with Crippen LogP contribution in [-0.2, 0) is 14.3 Å². The number of nitrogens with one attached hydrogen (secondary N) is 4. The van der Waals surface area contributed by atoms with Gasteiger partial charge in [0.05, 0.1) is 12.7 Å². The van der Waals surface area contributed by atoms with E-state index in [1.807, 2.05) is 0 Å². The van der Waals surface area contributed by atoms with Crippen molar-refractivity contribution in [1.29, 1.82) is 5.41 Å². The molecule has 0 heterocycles. The van der Waals surface area contributed by atoms with Crippen molar-refractivity contribution in [3.8, 4) is 0 Å². The van der Waals surface area contributed by atoms with Gasteiger partial charge in [0.25, 0.3) is 0 Å². The third-order valence-electron chi connectivity index (χ3n) is 8.90. The number of hydrogen-bond acceptors (Lipinski definition) is 5. The van der Waals surface area contributed by atoms with Crippen LogP contribution in [0, 0.1) is 5.41 Å². The van der Waals surface area contributed by atoms with E-state index >= 15 is 0 Å². The van der Waals surface area contributed by atoms with Crippen molar-refractivity contribution in [2.24, 2.45) is 5.73 Å². The van der Waals surface area contributed by atoms with Gasteiger partial charge in [0.1, 0.15) is 6.04 Å². The van der Waals surface area contributed by atoms with E-state index < -0.39 is 12.1 Å². The molecule has 0 aromatic rings. The summed E-state index contributed by atoms with van der Waals surface area (Å²) in [4.78, 5) is 24.2. The molecule has 0 aromatic heterocycles. The van der Waals surface area contributed by atoms with E-state index in [2.05, 4.69) is 29.8 Å². The lowest BCUT2D eigenvalue weighted by Gasteiger charge is -2.21. The fourth-order valence-corrected chi connectivity index (χ4v) is 5.90. The molecule has 7 N–H and O–H groups in total. The SMILES string of the molecule is CCCCCCCCCCCCCCOCC(CNC(=O)C(CCCNC(=N)N)NC(=O)O)OCCCCCCCCCCCCCC. The zero-order valence-corrected chi connectivity index (χ0v) is 31.2. The molecule has 0 saturated heterocycles. The van der Waals surface area contributed by atoms with E-state index in [-0.39, 0.29) is 30.9 Å². The Labute approximate surface area is 294 Å². The number of rotatable bonds is 37. The summed E-state index contributed by atoms with van der Waals surface area (Å²) in [5, 5.41) is 24.3. The first-order chi connectivity index (χ1) is 23.4. The molecule has 0 radical (unpaired) electrons. The monoisotopic (exact) mass is 684 g/mol. The molecule has 2 amide bonds. The Kier molecular flexibility index (Phi) is 34.7. The second-order valence-electron chi connectivity index (χ2n) is 13.6. The van der Waals surface area contributed by atoms with Gasteiger partial charge in [-0.1, -0.05) is 155 Å². The number of unbranched alkanes of at least 4 members (excludes halogenated alkanes) is 22. The van der Waals surface area contributed by atoms with Crippen LogP contribution in [-0.4, -0.2) is 68.1 Å². The van der Waals surface area contributed by atoms with Crippen molar-refractivity contribution in [2.45, 2.75) is 193 Å². The van der Waals surface area contributed by atoms with Crippen molar-refractivity contribution in [3.05, 3.63) is 0 Å². The topological polar surface area (TPSA) is 159 Å². The lowest BCUT2D eigenvalue weighted by atomic mass is 10.1. The summed E-state index contributed by atoms with van der Waals surface area (Å²) in [5.41, 5.74) is 5.31. The molecule has 0 spiro atoms. The second kappa shape index (κ2) is 36.2. The van der Waals surface area contributed by atoms with Crippen molar-refractivity contribution in [3.63, 3.8) is 0 Å². The molecule has 10 nitrogen and oxygen atoms in total. The van der Waals surface area contributed by atoms with Crippen LogP contribution in [0.15, 0.2) is 0 Å². The number of ether oxygens (including phenoxy) is 2. The number of nitrogens with two attached hydrogens (primary N) is 1. The lowest BCUT2D eigenvalue weighted by molar-refractivity contribution is -0.124. The van der Waals surface area contributed by atoms with Crippen molar-refractivity contribution >= 4 is 18.0 Å². The van der Waals surface area contributed by atoms with Crippen LogP contribution in [0.2, 0.25) is 0 Å². The van der Waals surface area contributed by atoms with Gasteiger partial charge in [-0.3, -0.25) is 10.2 Å². The fourth-order valence-electron chi connectivity index (χ4n) is 5.90. The maximum atomic E-state index is 12.9. The summed E-state index contributed by atoms with van der Waals surface area (Å²) in [5.74, 6) is -0.543. The molecular formula is C38H77N5O5. The molecule has 0 aliphatic rings. The van der Waals surface area contributed by atoms with Gasteiger partial charge in [-0.15, -0.1) is 0 Å². The summed E-state index contributed by atoms with van der Waals surface area (Å²) in [7, 11) is 0. The molecule has 2 unspecified atom stereocenters. The molecule has 0 aliphatic carbocycles. The van der Waals surface area contributed by atoms with Crippen LogP contribution in [0.3, 0.4) is 0 Å². The first-order valence-corrected chi connectivity index (χ1v) is 19.9. The Morgan fingerprint density at radius 1 is 0.646 bits per heavy atom. The van der Waals surface area contributed by atoms with Gasteiger partial charge in [-0.25, -0.2) is 4.79 Å². The predicted molar refractivity (Wildman–Crippen MR) is 200 cm³/mol. The van der Waals surface area contributed by atoms with E-state index in [9.17, 15) is 14.7 Å². The highest BCUT2D eigenvalue weighted by Crippen LogP contribution is 2.13. The molecular weight excluding hydrogens is 606 g/mol. The van der Waals surface area contributed by atoms with Gasteiger partial charge in [0.2, 0.25) is 5.91 Å². The highest BCUT2D eigenvalue weighted by Gasteiger charge is 2.21. The Morgan fingerprint density at radius 2 is 1.08 bits per heavy atom. The molecule has 0 aliphatic heterocycles. The minimum absolute atomic E-state index is 0.154. The predicted octanol–water partition coefficient (Wildman–Crippen LogP) is 8.81. The van der Waals surface area contributed by atoms with E-state index in [4.69, 9.17) is 20.6 Å². The summed E-state index contributed by atoms with van der Waals surface area (Å²) in [6.45, 7) is 6.87. The van der Waals surface area contributed by atoms with E-state index in [0.717, 1.165) is 19.3 Å². The van der Waals surface area contributed by atoms with Crippen molar-refractivity contribution in [1.82, 2.24) is 16.0 Å². The molecule has 0 fully saturated rings. The third-order valence-corrected chi connectivity index (χ3v) is 8.90. The largest absolute Gasteiger partial charge is 0.465 e. The van der Waals surface area contributed by atoms with Crippen LogP contribution in [0.25, 0.3) is 0 Å². The van der Waals surface area contributed by atoms with Gasteiger partial charge in [-0.05, 0) is 25.7 Å². The number of guanidine groups is 1. The van der Waals surface area contributed by atoms with Crippen LogP contribution < -0.4 is 21.7 Å². The van der Waals surface area contributed by atoms with Gasteiger partial charge >= 0.3 is 6.09 Å². The van der Waals surface area contributed by atoms with Crippen LogP contribution in [0.4, 0.5) is 4.79 Å². The molecule has 2 atom stereocenters. The maximum Gasteiger partial charge on any atom is 0.405 e. The fraction of sp³-hybridized carbons (Fsp3) is 0.921. The molecule has 0 saturated carbocycles. The summed E-state index contributed by atoms with van der Waals surface area (Å²) in [6.07, 6.45) is 30.3. The number of carbonyl (C=O) groups is 2. The normalized spacial score (nSPS) is 12.5. The molecule has 284 valence electrons. The molecule has 48 heavy (non-hydrogen) atoms. The number of carboxylic acid groups (broad SMARTS) is 1.